The number of amides is 1. The van der Waals surface area contributed by atoms with E-state index in [0.717, 1.165) is 16.8 Å². The molecule has 0 bridgehead atoms. The van der Waals surface area contributed by atoms with E-state index in [1.807, 2.05) is 32.0 Å². The first-order chi connectivity index (χ1) is 14.8. The molecule has 4 rings (SSSR count). The molecule has 1 amide bonds. The number of carbonyl (C=O) groups excluding carboxylic acids is 1. The Kier molecular flexibility index (Phi) is 5.29. The third-order valence-corrected chi connectivity index (χ3v) is 5.70. The minimum Gasteiger partial charge on any atom is -0.331 e. The molecule has 0 aliphatic rings. The molecule has 156 valence electrons. The third kappa shape index (κ3) is 3.80. The molecule has 0 unspecified atom stereocenters. The quantitative estimate of drug-likeness (QED) is 0.427. The van der Waals surface area contributed by atoms with Crippen LogP contribution < -0.4 is 10.9 Å². The number of hydrogen-bond donors (Lipinski definition) is 2. The van der Waals surface area contributed by atoms with Crippen molar-refractivity contribution >= 4 is 34.7 Å². The van der Waals surface area contributed by atoms with Crippen LogP contribution in [0.4, 0.5) is 10.1 Å². The van der Waals surface area contributed by atoms with Gasteiger partial charge in [0.05, 0.1) is 16.6 Å². The van der Waals surface area contributed by atoms with E-state index in [4.69, 9.17) is 12.2 Å². The Labute approximate surface area is 183 Å². The molecule has 0 aliphatic carbocycles. The summed E-state index contributed by atoms with van der Waals surface area (Å²) in [5.41, 5.74) is 4.45. The van der Waals surface area contributed by atoms with Crippen LogP contribution in [0.1, 0.15) is 27.0 Å². The van der Waals surface area contributed by atoms with Gasteiger partial charge in [0.1, 0.15) is 5.82 Å². The molecule has 0 radical (unpaired) electrons. The number of carbonyl (C=O) groups is 1. The lowest BCUT2D eigenvalue weighted by Crippen LogP contribution is -2.22. The van der Waals surface area contributed by atoms with Gasteiger partial charge in [0.15, 0.2) is 4.77 Å². The number of aromatic nitrogens is 2. The minimum absolute atomic E-state index is 0.248. The summed E-state index contributed by atoms with van der Waals surface area (Å²) >= 11 is 5.47. The van der Waals surface area contributed by atoms with Gasteiger partial charge < -0.3 is 10.3 Å². The van der Waals surface area contributed by atoms with Gasteiger partial charge in [-0.15, -0.1) is 0 Å². The van der Waals surface area contributed by atoms with Crippen LogP contribution in [0, 0.1) is 31.4 Å². The van der Waals surface area contributed by atoms with Gasteiger partial charge in [-0.2, -0.15) is 0 Å². The smallest absolute Gasteiger partial charge is 0.266 e. The van der Waals surface area contributed by atoms with Gasteiger partial charge in [-0.3, -0.25) is 14.2 Å². The summed E-state index contributed by atoms with van der Waals surface area (Å²) in [4.78, 5) is 29.0. The van der Waals surface area contributed by atoms with Gasteiger partial charge in [-0.1, -0.05) is 12.1 Å². The Bertz CT molecular complexity index is 1470. The fourth-order valence-corrected chi connectivity index (χ4v) is 3.81. The number of halogens is 1. The van der Waals surface area contributed by atoms with Crippen LogP contribution in [-0.4, -0.2) is 15.5 Å². The summed E-state index contributed by atoms with van der Waals surface area (Å²) in [5.74, 6) is -0.733. The fraction of sp³-hybridized carbons (Fsp3) is 0.125. The molecule has 0 aliphatic heterocycles. The third-order valence-electron chi connectivity index (χ3n) is 5.41. The molecule has 7 heteroatoms. The van der Waals surface area contributed by atoms with Crippen molar-refractivity contribution in [3.05, 3.63) is 97.8 Å². The zero-order chi connectivity index (χ0) is 22.3. The molecule has 1 aromatic heterocycles. The molecule has 5 nitrogen and oxygen atoms in total. The van der Waals surface area contributed by atoms with Gasteiger partial charge in [0.25, 0.3) is 11.5 Å². The summed E-state index contributed by atoms with van der Waals surface area (Å²) in [6.07, 6.45) is 0. The van der Waals surface area contributed by atoms with Crippen LogP contribution in [0.3, 0.4) is 0 Å². The number of aryl methyl sites for hydroxylation is 2. The van der Waals surface area contributed by atoms with Crippen molar-refractivity contribution in [3.8, 4) is 5.69 Å². The van der Waals surface area contributed by atoms with Gasteiger partial charge >= 0.3 is 0 Å². The SMILES string of the molecule is Cc1cc(F)ccc1NC(=O)c1ccc2c(=O)n(-c3cccc(C)c3C)c(=S)[nH]c2c1. The summed E-state index contributed by atoms with van der Waals surface area (Å²) in [6, 6.07) is 14.7. The largest absolute Gasteiger partial charge is 0.331 e. The second-order valence-corrected chi connectivity index (χ2v) is 7.85. The van der Waals surface area contributed by atoms with E-state index in [1.165, 1.54) is 22.8 Å². The van der Waals surface area contributed by atoms with Crippen molar-refractivity contribution in [2.24, 2.45) is 0 Å². The fourth-order valence-electron chi connectivity index (χ4n) is 3.52. The second-order valence-electron chi connectivity index (χ2n) is 7.46. The highest BCUT2D eigenvalue weighted by Crippen LogP contribution is 2.20. The molecule has 0 fully saturated rings. The lowest BCUT2D eigenvalue weighted by atomic mass is 10.1. The second kappa shape index (κ2) is 7.92. The molecule has 0 saturated carbocycles. The van der Waals surface area contributed by atoms with Crippen LogP contribution in [-0.2, 0) is 0 Å². The Morgan fingerprint density at radius 3 is 2.55 bits per heavy atom. The van der Waals surface area contributed by atoms with Crippen LogP contribution in [0.2, 0.25) is 0 Å². The Morgan fingerprint density at radius 1 is 1.03 bits per heavy atom. The highest BCUT2D eigenvalue weighted by atomic mass is 32.1. The molecule has 4 aromatic rings. The van der Waals surface area contributed by atoms with Gasteiger partial charge in [-0.25, -0.2) is 4.39 Å². The average Bonchev–Trinajstić information content (AvgIpc) is 2.72. The first-order valence-corrected chi connectivity index (χ1v) is 10.1. The molecule has 0 spiro atoms. The van der Waals surface area contributed by atoms with Crippen LogP contribution in [0.15, 0.2) is 59.4 Å². The summed E-state index contributed by atoms with van der Waals surface area (Å²) in [6.45, 7) is 5.64. The van der Waals surface area contributed by atoms with Crippen molar-refractivity contribution in [1.29, 1.82) is 0 Å². The van der Waals surface area contributed by atoms with E-state index in [9.17, 15) is 14.0 Å². The van der Waals surface area contributed by atoms with Gasteiger partial charge in [-0.05, 0) is 92.1 Å². The highest BCUT2D eigenvalue weighted by Gasteiger charge is 2.14. The lowest BCUT2D eigenvalue weighted by Gasteiger charge is -2.13. The molecular formula is C24H20FN3O2S. The number of rotatable bonds is 3. The van der Waals surface area contributed by atoms with Crippen molar-refractivity contribution in [3.63, 3.8) is 0 Å². The van der Waals surface area contributed by atoms with Crippen LogP contribution >= 0.6 is 12.2 Å². The number of nitrogens with zero attached hydrogens (tertiary/aromatic N) is 1. The van der Waals surface area contributed by atoms with E-state index in [0.29, 0.717) is 27.7 Å². The molecular weight excluding hydrogens is 413 g/mol. The number of H-pyrrole nitrogens is 1. The van der Waals surface area contributed by atoms with E-state index in [-0.39, 0.29) is 22.1 Å². The molecule has 3 aromatic carbocycles. The maximum Gasteiger partial charge on any atom is 0.266 e. The predicted molar refractivity (Wildman–Crippen MR) is 123 cm³/mol. The van der Waals surface area contributed by atoms with Crippen LogP contribution in [0.5, 0.6) is 0 Å². The van der Waals surface area contributed by atoms with Crippen LogP contribution in [0.25, 0.3) is 16.6 Å². The van der Waals surface area contributed by atoms with E-state index < -0.39 is 0 Å². The highest BCUT2D eigenvalue weighted by molar-refractivity contribution is 7.71. The van der Waals surface area contributed by atoms with Gasteiger partial charge in [0, 0.05) is 11.3 Å². The van der Waals surface area contributed by atoms with Crippen molar-refractivity contribution < 1.29 is 9.18 Å². The number of aromatic amines is 1. The van der Waals surface area contributed by atoms with Crippen molar-refractivity contribution in [1.82, 2.24) is 9.55 Å². The van der Waals surface area contributed by atoms with Gasteiger partial charge in [0.2, 0.25) is 0 Å². The Morgan fingerprint density at radius 2 is 1.81 bits per heavy atom. The maximum absolute atomic E-state index is 13.3. The summed E-state index contributed by atoms with van der Waals surface area (Å²) in [7, 11) is 0. The number of hydrogen-bond acceptors (Lipinski definition) is 3. The topological polar surface area (TPSA) is 66.9 Å². The van der Waals surface area contributed by atoms with E-state index in [1.54, 1.807) is 25.1 Å². The summed E-state index contributed by atoms with van der Waals surface area (Å²) < 4.78 is 15.0. The first kappa shape index (κ1) is 20.7. The molecule has 0 saturated heterocycles. The standard InChI is InChI=1S/C24H20FN3O2S/c1-13-5-4-6-21(15(13)3)28-23(30)18-9-7-16(12-20(18)27-24(28)31)22(29)26-19-10-8-17(25)11-14(19)2/h4-12H,1-3H3,(H,26,29)(H,27,31). The Balaban J connectivity index is 1.77. The predicted octanol–water partition coefficient (Wildman–Crippen LogP) is 5.36. The zero-order valence-corrected chi connectivity index (χ0v) is 18.1. The normalized spacial score (nSPS) is 11.0. The number of nitrogens with one attached hydrogen (secondary N) is 2. The zero-order valence-electron chi connectivity index (χ0n) is 17.2. The maximum atomic E-state index is 13.3. The number of benzene rings is 3. The Hall–Kier alpha value is -3.58. The first-order valence-electron chi connectivity index (χ1n) is 9.69. The van der Waals surface area contributed by atoms with E-state index in [2.05, 4.69) is 10.3 Å². The summed E-state index contributed by atoms with van der Waals surface area (Å²) in [5, 5.41) is 3.19. The van der Waals surface area contributed by atoms with E-state index >= 15 is 0 Å². The molecule has 2 N–H and O–H groups in total. The number of anilines is 1. The van der Waals surface area contributed by atoms with Crippen molar-refractivity contribution in [2.75, 3.05) is 5.32 Å². The number of fused-ring (bicyclic) bond motifs is 1. The monoisotopic (exact) mass is 433 g/mol. The minimum atomic E-state index is -0.367. The van der Waals surface area contributed by atoms with Crippen molar-refractivity contribution in [2.45, 2.75) is 20.8 Å². The molecule has 31 heavy (non-hydrogen) atoms. The average molecular weight is 434 g/mol. The lowest BCUT2D eigenvalue weighted by molar-refractivity contribution is 0.102. The molecule has 1 heterocycles. The molecule has 0 atom stereocenters.